The fourth-order valence-electron chi connectivity index (χ4n) is 3.41. The van der Waals surface area contributed by atoms with E-state index in [1.54, 1.807) is 35.3 Å². The molecule has 1 aromatic carbocycles. The van der Waals surface area contributed by atoms with Crippen molar-refractivity contribution in [3.63, 3.8) is 0 Å². The van der Waals surface area contributed by atoms with E-state index in [9.17, 15) is 0 Å². The van der Waals surface area contributed by atoms with Crippen molar-refractivity contribution >= 4 is 40.7 Å². The highest BCUT2D eigenvalue weighted by molar-refractivity contribution is 6.35. The third kappa shape index (κ3) is 5.20. The largest absolute Gasteiger partial charge is 0.394 e. The van der Waals surface area contributed by atoms with Gasteiger partial charge in [-0.05, 0) is 44.1 Å². The highest BCUT2D eigenvalue weighted by Crippen LogP contribution is 2.30. The van der Waals surface area contributed by atoms with Gasteiger partial charge in [-0.25, -0.2) is 4.98 Å². The molecule has 0 unspecified atom stereocenters. The number of hydrogen-bond acceptors (Lipinski definition) is 7. The zero-order valence-corrected chi connectivity index (χ0v) is 17.8. The summed E-state index contributed by atoms with van der Waals surface area (Å²) in [5.41, 5.74) is 2.45. The van der Waals surface area contributed by atoms with Crippen LogP contribution >= 0.6 is 23.2 Å². The van der Waals surface area contributed by atoms with Gasteiger partial charge in [-0.3, -0.25) is 4.68 Å². The molecule has 3 aromatic rings. The van der Waals surface area contributed by atoms with Crippen LogP contribution in [0, 0.1) is 0 Å². The normalized spacial score (nSPS) is 14.6. The molecule has 158 valence electrons. The fraction of sp³-hybridized carbons (Fsp3) is 0.350. The standard InChI is InChI=1S/C20H23Cl2N7O/c21-14-7-15(22)9-17(8-14)27-20-24-11-18(13-10-25-29(12-13)5-6-30)19(28-20)26-16-1-3-23-4-2-16/h7-12,16,23,30H,1-6H2,(H2,24,26,27,28). The average Bonchev–Trinajstić information content (AvgIpc) is 3.17. The molecule has 0 radical (unpaired) electrons. The molecule has 2 aromatic heterocycles. The molecule has 0 atom stereocenters. The zero-order chi connectivity index (χ0) is 20.9. The first-order valence-electron chi connectivity index (χ1n) is 9.82. The maximum atomic E-state index is 9.16. The Bertz CT molecular complexity index is 984. The molecule has 1 saturated heterocycles. The number of rotatable bonds is 7. The van der Waals surface area contributed by atoms with Crippen LogP contribution in [0.15, 0.2) is 36.8 Å². The summed E-state index contributed by atoms with van der Waals surface area (Å²) in [6, 6.07) is 5.53. The number of piperidine rings is 1. The van der Waals surface area contributed by atoms with Crippen LogP contribution in [0.3, 0.4) is 0 Å². The molecule has 0 amide bonds. The van der Waals surface area contributed by atoms with Gasteiger partial charge in [-0.1, -0.05) is 23.2 Å². The highest BCUT2D eigenvalue weighted by atomic mass is 35.5. The summed E-state index contributed by atoms with van der Waals surface area (Å²) in [4.78, 5) is 9.20. The topological polar surface area (TPSA) is 99.9 Å². The Hall–Kier alpha value is -2.39. The van der Waals surface area contributed by atoms with Crippen molar-refractivity contribution in [2.45, 2.75) is 25.4 Å². The number of nitrogens with zero attached hydrogens (tertiary/aromatic N) is 4. The molecule has 10 heteroatoms. The second-order valence-electron chi connectivity index (χ2n) is 7.12. The predicted molar refractivity (Wildman–Crippen MR) is 120 cm³/mol. The van der Waals surface area contributed by atoms with Crippen LogP contribution in [0.5, 0.6) is 0 Å². The lowest BCUT2D eigenvalue weighted by molar-refractivity contribution is 0.269. The molecule has 0 bridgehead atoms. The lowest BCUT2D eigenvalue weighted by Crippen LogP contribution is -2.35. The van der Waals surface area contributed by atoms with Gasteiger partial charge in [-0.15, -0.1) is 0 Å². The maximum Gasteiger partial charge on any atom is 0.229 e. The Labute approximate surface area is 184 Å². The van der Waals surface area contributed by atoms with Crippen molar-refractivity contribution in [3.05, 3.63) is 46.8 Å². The first kappa shape index (κ1) is 20.9. The molecule has 1 aliphatic heterocycles. The summed E-state index contributed by atoms with van der Waals surface area (Å²) in [5, 5.41) is 24.6. The minimum Gasteiger partial charge on any atom is -0.394 e. The number of aliphatic hydroxyl groups is 1. The van der Waals surface area contributed by atoms with Gasteiger partial charge < -0.3 is 21.1 Å². The van der Waals surface area contributed by atoms with E-state index in [1.165, 1.54) is 0 Å². The van der Waals surface area contributed by atoms with Crippen molar-refractivity contribution in [2.24, 2.45) is 0 Å². The molecule has 4 N–H and O–H groups in total. The van der Waals surface area contributed by atoms with Crippen LogP contribution in [-0.2, 0) is 6.54 Å². The molecule has 3 heterocycles. The van der Waals surface area contributed by atoms with Crippen LogP contribution < -0.4 is 16.0 Å². The molecule has 1 aliphatic rings. The lowest BCUT2D eigenvalue weighted by Gasteiger charge is -2.25. The third-order valence-electron chi connectivity index (χ3n) is 4.86. The van der Waals surface area contributed by atoms with Gasteiger partial charge in [0.1, 0.15) is 5.82 Å². The van der Waals surface area contributed by atoms with Crippen LogP contribution in [0.1, 0.15) is 12.8 Å². The molecule has 4 rings (SSSR count). The molecule has 1 fully saturated rings. The minimum absolute atomic E-state index is 0.0306. The van der Waals surface area contributed by atoms with E-state index in [0.717, 1.165) is 42.9 Å². The lowest BCUT2D eigenvalue weighted by atomic mass is 10.1. The Balaban J connectivity index is 1.64. The minimum atomic E-state index is 0.0306. The summed E-state index contributed by atoms with van der Waals surface area (Å²) < 4.78 is 1.70. The summed E-state index contributed by atoms with van der Waals surface area (Å²) in [5.74, 6) is 1.17. The number of aliphatic hydroxyl groups excluding tert-OH is 1. The number of hydrogen-bond donors (Lipinski definition) is 4. The van der Waals surface area contributed by atoms with E-state index < -0.39 is 0 Å². The number of benzene rings is 1. The Kier molecular flexibility index (Phi) is 6.69. The van der Waals surface area contributed by atoms with Gasteiger partial charge in [0.15, 0.2) is 0 Å². The molecular weight excluding hydrogens is 425 g/mol. The Morgan fingerprint density at radius 3 is 2.63 bits per heavy atom. The van der Waals surface area contributed by atoms with Gasteiger partial charge >= 0.3 is 0 Å². The summed E-state index contributed by atoms with van der Waals surface area (Å²) >= 11 is 12.2. The van der Waals surface area contributed by atoms with Crippen molar-refractivity contribution < 1.29 is 5.11 Å². The van der Waals surface area contributed by atoms with Crippen LogP contribution in [0.4, 0.5) is 17.5 Å². The summed E-state index contributed by atoms with van der Waals surface area (Å²) in [6.45, 7) is 2.41. The van der Waals surface area contributed by atoms with E-state index in [2.05, 4.69) is 26.0 Å². The molecular formula is C20H23Cl2N7O. The zero-order valence-electron chi connectivity index (χ0n) is 16.3. The van der Waals surface area contributed by atoms with Crippen molar-refractivity contribution in [1.82, 2.24) is 25.1 Å². The summed E-state index contributed by atoms with van der Waals surface area (Å²) in [7, 11) is 0. The van der Waals surface area contributed by atoms with Gasteiger partial charge in [0.25, 0.3) is 0 Å². The third-order valence-corrected chi connectivity index (χ3v) is 5.30. The van der Waals surface area contributed by atoms with Gasteiger partial charge in [-0.2, -0.15) is 10.1 Å². The first-order valence-corrected chi connectivity index (χ1v) is 10.6. The van der Waals surface area contributed by atoms with Gasteiger partial charge in [0.05, 0.1) is 19.3 Å². The number of nitrogens with one attached hydrogen (secondary N) is 3. The Morgan fingerprint density at radius 2 is 1.90 bits per heavy atom. The molecule has 8 nitrogen and oxygen atoms in total. The van der Waals surface area contributed by atoms with E-state index in [1.807, 2.05) is 6.20 Å². The number of halogens is 2. The van der Waals surface area contributed by atoms with Crippen LogP contribution in [0.25, 0.3) is 11.1 Å². The SMILES string of the molecule is OCCn1cc(-c2cnc(Nc3cc(Cl)cc(Cl)c3)nc2NC2CCNCC2)cn1. The predicted octanol–water partition coefficient (Wildman–Crippen LogP) is 3.55. The van der Waals surface area contributed by atoms with Crippen molar-refractivity contribution in [2.75, 3.05) is 30.3 Å². The Morgan fingerprint density at radius 1 is 1.13 bits per heavy atom. The van der Waals surface area contributed by atoms with E-state index in [-0.39, 0.29) is 6.61 Å². The fourth-order valence-corrected chi connectivity index (χ4v) is 3.93. The van der Waals surface area contributed by atoms with Gasteiger partial charge in [0.2, 0.25) is 5.95 Å². The average molecular weight is 448 g/mol. The molecule has 0 saturated carbocycles. The molecule has 30 heavy (non-hydrogen) atoms. The van der Waals surface area contributed by atoms with Crippen molar-refractivity contribution in [3.8, 4) is 11.1 Å². The second kappa shape index (κ2) is 9.61. The van der Waals surface area contributed by atoms with E-state index >= 15 is 0 Å². The summed E-state index contributed by atoms with van der Waals surface area (Å²) in [6.07, 6.45) is 7.43. The van der Waals surface area contributed by atoms with Gasteiger partial charge in [0, 0.05) is 45.3 Å². The van der Waals surface area contributed by atoms with Crippen LogP contribution in [-0.4, -0.2) is 50.6 Å². The smallest absolute Gasteiger partial charge is 0.229 e. The second-order valence-corrected chi connectivity index (χ2v) is 8.00. The first-order chi connectivity index (χ1) is 14.6. The maximum absolute atomic E-state index is 9.16. The van der Waals surface area contributed by atoms with E-state index in [4.69, 9.17) is 33.3 Å². The highest BCUT2D eigenvalue weighted by Gasteiger charge is 2.18. The van der Waals surface area contributed by atoms with Crippen molar-refractivity contribution in [1.29, 1.82) is 0 Å². The number of aromatic nitrogens is 4. The van der Waals surface area contributed by atoms with Crippen LogP contribution in [0.2, 0.25) is 10.0 Å². The quantitative estimate of drug-likeness (QED) is 0.439. The monoisotopic (exact) mass is 447 g/mol. The number of anilines is 3. The van der Waals surface area contributed by atoms with E-state index in [0.29, 0.717) is 34.3 Å². The molecule has 0 spiro atoms. The molecule has 0 aliphatic carbocycles.